The zero-order valence-electron chi connectivity index (χ0n) is 17.4. The van der Waals surface area contributed by atoms with E-state index in [0.29, 0.717) is 16.7 Å². The van der Waals surface area contributed by atoms with Crippen molar-refractivity contribution in [3.63, 3.8) is 0 Å². The predicted octanol–water partition coefficient (Wildman–Crippen LogP) is 6.31. The van der Waals surface area contributed by atoms with Crippen molar-refractivity contribution in [1.82, 2.24) is 19.7 Å². The fraction of sp³-hybridized carbons (Fsp3) is 0.208. The van der Waals surface area contributed by atoms with Crippen LogP contribution in [0.4, 0.5) is 13.2 Å². The number of benzene rings is 2. The fourth-order valence-electron chi connectivity index (χ4n) is 3.26. The van der Waals surface area contributed by atoms with Gasteiger partial charge in [0.05, 0.1) is 17.0 Å². The van der Waals surface area contributed by atoms with Crippen LogP contribution in [0.15, 0.2) is 72.9 Å². The van der Waals surface area contributed by atoms with Gasteiger partial charge in [-0.25, -0.2) is 14.6 Å². The third-order valence-electron chi connectivity index (χ3n) is 4.83. The monoisotopic (exact) mass is 422 g/mol. The van der Waals surface area contributed by atoms with Crippen LogP contribution in [0, 0.1) is 0 Å². The molecule has 158 valence electrons. The van der Waals surface area contributed by atoms with Crippen LogP contribution in [-0.4, -0.2) is 19.7 Å². The zero-order valence-corrected chi connectivity index (χ0v) is 17.4. The summed E-state index contributed by atoms with van der Waals surface area (Å²) in [5.74, 6) is -1.11. The standard InChI is InChI=1S/C24H21F3N4/c1-23(2,3)18-14-15-31(30-18)21-19(16-10-6-4-7-11-16)20(17-12-8-5-9-13-17)28-22(29-21)24(25,26)27/h4-15H,1-3H3. The van der Waals surface area contributed by atoms with E-state index in [-0.39, 0.29) is 16.9 Å². The number of aromatic nitrogens is 4. The summed E-state index contributed by atoms with van der Waals surface area (Å²) in [5.41, 5.74) is 2.46. The third kappa shape index (κ3) is 4.21. The van der Waals surface area contributed by atoms with Crippen LogP contribution < -0.4 is 0 Å². The Hall–Kier alpha value is -3.48. The molecular weight excluding hydrogens is 401 g/mol. The molecule has 2 aromatic heterocycles. The van der Waals surface area contributed by atoms with Crippen molar-refractivity contribution in [3.05, 3.63) is 84.4 Å². The molecule has 2 aromatic carbocycles. The number of hydrogen-bond acceptors (Lipinski definition) is 3. The maximum atomic E-state index is 13.8. The summed E-state index contributed by atoms with van der Waals surface area (Å²) in [4.78, 5) is 7.89. The molecule has 0 fully saturated rings. The summed E-state index contributed by atoms with van der Waals surface area (Å²) in [6.45, 7) is 5.98. The first-order valence-corrected chi connectivity index (χ1v) is 9.81. The second-order valence-corrected chi connectivity index (χ2v) is 8.22. The van der Waals surface area contributed by atoms with Crippen LogP contribution in [0.5, 0.6) is 0 Å². The van der Waals surface area contributed by atoms with Gasteiger partial charge in [-0.15, -0.1) is 0 Å². The van der Waals surface area contributed by atoms with Crippen LogP contribution in [0.25, 0.3) is 28.2 Å². The van der Waals surface area contributed by atoms with Gasteiger partial charge in [0, 0.05) is 17.2 Å². The smallest absolute Gasteiger partial charge is 0.224 e. The number of rotatable bonds is 3. The number of alkyl halides is 3. The van der Waals surface area contributed by atoms with Crippen LogP contribution in [0.1, 0.15) is 32.3 Å². The Morgan fingerprint density at radius 1 is 0.742 bits per heavy atom. The zero-order chi connectivity index (χ0) is 22.2. The first-order chi connectivity index (χ1) is 14.6. The lowest BCUT2D eigenvalue weighted by molar-refractivity contribution is -0.144. The molecular formula is C24H21F3N4. The quantitative estimate of drug-likeness (QED) is 0.388. The highest BCUT2D eigenvalue weighted by molar-refractivity contribution is 5.85. The highest BCUT2D eigenvalue weighted by Crippen LogP contribution is 2.38. The van der Waals surface area contributed by atoms with Crippen molar-refractivity contribution in [2.45, 2.75) is 32.4 Å². The SMILES string of the molecule is CC(C)(C)c1ccn(-c2nc(C(F)(F)F)nc(-c3ccccc3)c2-c2ccccc2)n1. The summed E-state index contributed by atoms with van der Waals surface area (Å²) in [7, 11) is 0. The van der Waals surface area contributed by atoms with Crippen LogP contribution >= 0.6 is 0 Å². The molecule has 0 saturated carbocycles. The minimum Gasteiger partial charge on any atom is -0.224 e. The van der Waals surface area contributed by atoms with Gasteiger partial charge < -0.3 is 0 Å². The second kappa shape index (κ2) is 7.65. The molecule has 0 radical (unpaired) electrons. The molecule has 0 spiro atoms. The maximum Gasteiger partial charge on any atom is 0.451 e. The minimum absolute atomic E-state index is 0.0860. The molecule has 0 bridgehead atoms. The van der Waals surface area contributed by atoms with Crippen molar-refractivity contribution in [1.29, 1.82) is 0 Å². The highest BCUT2D eigenvalue weighted by atomic mass is 19.4. The van der Waals surface area contributed by atoms with Gasteiger partial charge in [-0.1, -0.05) is 81.4 Å². The van der Waals surface area contributed by atoms with E-state index in [0.717, 1.165) is 5.69 Å². The van der Waals surface area contributed by atoms with Crippen molar-refractivity contribution in [3.8, 4) is 28.2 Å². The molecule has 0 amide bonds. The summed E-state index contributed by atoms with van der Waals surface area (Å²) >= 11 is 0. The predicted molar refractivity (Wildman–Crippen MR) is 114 cm³/mol. The molecule has 0 aliphatic heterocycles. The average Bonchev–Trinajstić information content (AvgIpc) is 3.24. The van der Waals surface area contributed by atoms with Gasteiger partial charge in [-0.3, -0.25) is 0 Å². The molecule has 2 heterocycles. The Morgan fingerprint density at radius 2 is 1.32 bits per heavy atom. The Balaban J connectivity index is 2.08. The van der Waals surface area contributed by atoms with Gasteiger partial charge in [0.1, 0.15) is 0 Å². The molecule has 0 N–H and O–H groups in total. The lowest BCUT2D eigenvalue weighted by Crippen LogP contribution is -2.17. The van der Waals surface area contributed by atoms with E-state index in [1.54, 1.807) is 36.5 Å². The molecule has 4 rings (SSSR count). The number of hydrogen-bond donors (Lipinski definition) is 0. The van der Waals surface area contributed by atoms with Gasteiger partial charge in [0.15, 0.2) is 5.82 Å². The van der Waals surface area contributed by atoms with Crippen molar-refractivity contribution in [2.24, 2.45) is 0 Å². The van der Waals surface area contributed by atoms with Crippen LogP contribution in [0.3, 0.4) is 0 Å². The van der Waals surface area contributed by atoms with Gasteiger partial charge in [0.2, 0.25) is 5.82 Å². The van der Waals surface area contributed by atoms with Gasteiger partial charge in [0.25, 0.3) is 0 Å². The van der Waals surface area contributed by atoms with Crippen LogP contribution in [0.2, 0.25) is 0 Å². The molecule has 4 aromatic rings. The molecule has 7 heteroatoms. The lowest BCUT2D eigenvalue weighted by Gasteiger charge is -2.18. The summed E-state index contributed by atoms with van der Waals surface area (Å²) in [5, 5.41) is 4.55. The molecule has 0 aliphatic carbocycles. The largest absolute Gasteiger partial charge is 0.451 e. The van der Waals surface area contributed by atoms with Gasteiger partial charge >= 0.3 is 6.18 Å². The molecule has 4 nitrogen and oxygen atoms in total. The summed E-state index contributed by atoms with van der Waals surface area (Å²) in [6.07, 6.45) is -3.06. The van der Waals surface area contributed by atoms with E-state index in [9.17, 15) is 13.2 Å². The van der Waals surface area contributed by atoms with Crippen LogP contribution in [-0.2, 0) is 11.6 Å². The Bertz CT molecular complexity index is 1190. The summed E-state index contributed by atoms with van der Waals surface area (Å²) < 4.78 is 42.7. The fourth-order valence-corrected chi connectivity index (χ4v) is 3.26. The first-order valence-electron chi connectivity index (χ1n) is 9.81. The number of halogens is 3. The minimum atomic E-state index is -4.70. The number of nitrogens with zero attached hydrogens (tertiary/aromatic N) is 4. The average molecular weight is 422 g/mol. The first kappa shape index (κ1) is 20.8. The van der Waals surface area contributed by atoms with Crippen molar-refractivity contribution >= 4 is 0 Å². The molecule has 0 aliphatic rings. The van der Waals surface area contributed by atoms with Gasteiger partial charge in [-0.05, 0) is 11.6 Å². The Kier molecular flexibility index (Phi) is 5.13. The lowest BCUT2D eigenvalue weighted by atomic mass is 9.93. The maximum absolute atomic E-state index is 13.8. The Morgan fingerprint density at radius 3 is 1.84 bits per heavy atom. The Labute approximate surface area is 178 Å². The molecule has 0 saturated heterocycles. The van der Waals surface area contributed by atoms with E-state index in [2.05, 4.69) is 15.1 Å². The van der Waals surface area contributed by atoms with E-state index in [1.807, 2.05) is 57.2 Å². The van der Waals surface area contributed by atoms with Gasteiger partial charge in [-0.2, -0.15) is 18.3 Å². The van der Waals surface area contributed by atoms with Crippen molar-refractivity contribution in [2.75, 3.05) is 0 Å². The van der Waals surface area contributed by atoms with E-state index >= 15 is 0 Å². The topological polar surface area (TPSA) is 43.6 Å². The summed E-state index contributed by atoms with van der Waals surface area (Å²) in [6, 6.07) is 19.8. The highest BCUT2D eigenvalue weighted by Gasteiger charge is 2.37. The molecule has 31 heavy (non-hydrogen) atoms. The van der Waals surface area contributed by atoms with E-state index in [4.69, 9.17) is 0 Å². The van der Waals surface area contributed by atoms with E-state index < -0.39 is 12.0 Å². The third-order valence-corrected chi connectivity index (χ3v) is 4.83. The molecule has 0 atom stereocenters. The van der Waals surface area contributed by atoms with E-state index in [1.165, 1.54) is 4.68 Å². The second-order valence-electron chi connectivity index (χ2n) is 8.22. The molecule has 0 unspecified atom stereocenters. The van der Waals surface area contributed by atoms with Crippen molar-refractivity contribution < 1.29 is 13.2 Å². The normalized spacial score (nSPS) is 12.2.